The molecule has 0 spiro atoms. The molecule has 2 fully saturated rings. The molecule has 2 aliphatic rings. The third-order valence-corrected chi connectivity index (χ3v) is 4.66. The zero-order valence-electron chi connectivity index (χ0n) is 11.6. The summed E-state index contributed by atoms with van der Waals surface area (Å²) < 4.78 is 0. The molecule has 108 valence electrons. The van der Waals surface area contributed by atoms with Crippen LogP contribution >= 0.6 is 11.6 Å². The number of halogens is 1. The van der Waals surface area contributed by atoms with Crippen LogP contribution in [0.4, 0.5) is 0 Å². The van der Waals surface area contributed by atoms with Crippen molar-refractivity contribution in [2.24, 2.45) is 5.92 Å². The van der Waals surface area contributed by atoms with Crippen molar-refractivity contribution in [3.05, 3.63) is 34.9 Å². The SMILES string of the molecule is O=C(CC1CC2CCC(C1)N2)NCc1cccc(Cl)c1. The predicted octanol–water partition coefficient (Wildman–Crippen LogP) is 2.88. The van der Waals surface area contributed by atoms with Crippen molar-refractivity contribution in [1.29, 1.82) is 0 Å². The number of hydrogen-bond acceptors (Lipinski definition) is 2. The molecule has 0 aromatic heterocycles. The Morgan fingerprint density at radius 2 is 2.05 bits per heavy atom. The zero-order chi connectivity index (χ0) is 13.9. The van der Waals surface area contributed by atoms with Crippen LogP contribution in [0.1, 0.15) is 37.7 Å². The first-order valence-electron chi connectivity index (χ1n) is 7.46. The largest absolute Gasteiger partial charge is 0.352 e. The van der Waals surface area contributed by atoms with E-state index >= 15 is 0 Å². The smallest absolute Gasteiger partial charge is 0.220 e. The van der Waals surface area contributed by atoms with Gasteiger partial charge in [-0.05, 0) is 49.3 Å². The average Bonchev–Trinajstić information content (AvgIpc) is 2.76. The minimum atomic E-state index is 0.163. The summed E-state index contributed by atoms with van der Waals surface area (Å²) in [5, 5.41) is 7.33. The second kappa shape index (κ2) is 6.15. The van der Waals surface area contributed by atoms with E-state index < -0.39 is 0 Å². The van der Waals surface area contributed by atoms with E-state index in [-0.39, 0.29) is 5.91 Å². The van der Waals surface area contributed by atoms with Gasteiger partial charge in [-0.3, -0.25) is 4.79 Å². The summed E-state index contributed by atoms with van der Waals surface area (Å²) in [5.74, 6) is 0.712. The molecule has 1 aromatic rings. The molecule has 1 amide bonds. The highest BCUT2D eigenvalue weighted by Gasteiger charge is 2.34. The maximum atomic E-state index is 12.0. The Kier molecular flexibility index (Phi) is 4.27. The molecule has 2 heterocycles. The first-order chi connectivity index (χ1) is 9.69. The van der Waals surface area contributed by atoms with Crippen molar-refractivity contribution in [2.75, 3.05) is 0 Å². The minimum Gasteiger partial charge on any atom is -0.352 e. The molecule has 3 nitrogen and oxygen atoms in total. The van der Waals surface area contributed by atoms with Crippen LogP contribution in [0.5, 0.6) is 0 Å². The van der Waals surface area contributed by atoms with Crippen LogP contribution in [0.15, 0.2) is 24.3 Å². The molecule has 0 saturated carbocycles. The molecule has 2 N–H and O–H groups in total. The highest BCUT2D eigenvalue weighted by Crippen LogP contribution is 2.32. The van der Waals surface area contributed by atoms with Gasteiger partial charge in [0.15, 0.2) is 0 Å². The van der Waals surface area contributed by atoms with Crippen LogP contribution in [-0.2, 0) is 11.3 Å². The maximum Gasteiger partial charge on any atom is 0.220 e. The van der Waals surface area contributed by atoms with E-state index in [1.807, 2.05) is 24.3 Å². The molecule has 2 atom stereocenters. The summed E-state index contributed by atoms with van der Waals surface area (Å²) in [6.45, 7) is 0.567. The molecule has 2 unspecified atom stereocenters. The lowest BCUT2D eigenvalue weighted by molar-refractivity contribution is -0.122. The van der Waals surface area contributed by atoms with Crippen LogP contribution in [0.25, 0.3) is 0 Å². The highest BCUT2D eigenvalue weighted by atomic mass is 35.5. The van der Waals surface area contributed by atoms with E-state index in [9.17, 15) is 4.79 Å². The van der Waals surface area contributed by atoms with Crippen molar-refractivity contribution in [1.82, 2.24) is 10.6 Å². The normalized spacial score (nSPS) is 28.4. The second-order valence-electron chi connectivity index (χ2n) is 6.09. The first kappa shape index (κ1) is 13.9. The van der Waals surface area contributed by atoms with Gasteiger partial charge in [-0.1, -0.05) is 23.7 Å². The molecule has 2 saturated heterocycles. The monoisotopic (exact) mass is 292 g/mol. The Hall–Kier alpha value is -1.06. The Morgan fingerprint density at radius 3 is 2.75 bits per heavy atom. The summed E-state index contributed by atoms with van der Waals surface area (Å²) in [5.41, 5.74) is 1.05. The van der Waals surface area contributed by atoms with Crippen LogP contribution in [-0.4, -0.2) is 18.0 Å². The van der Waals surface area contributed by atoms with Crippen molar-refractivity contribution in [2.45, 2.75) is 50.7 Å². The molecule has 0 radical (unpaired) electrons. The van der Waals surface area contributed by atoms with E-state index in [0.29, 0.717) is 36.0 Å². The molecule has 20 heavy (non-hydrogen) atoms. The van der Waals surface area contributed by atoms with Gasteiger partial charge in [0.2, 0.25) is 5.91 Å². The summed E-state index contributed by atoms with van der Waals surface area (Å²) in [6.07, 6.45) is 5.54. The Morgan fingerprint density at radius 1 is 1.30 bits per heavy atom. The topological polar surface area (TPSA) is 41.1 Å². The molecule has 1 aromatic carbocycles. The molecule has 3 rings (SSSR count). The van der Waals surface area contributed by atoms with Crippen LogP contribution in [0.2, 0.25) is 5.02 Å². The number of benzene rings is 1. The molecule has 2 aliphatic heterocycles. The van der Waals surface area contributed by atoms with E-state index in [1.54, 1.807) is 0 Å². The number of carbonyl (C=O) groups is 1. The lowest BCUT2D eigenvalue weighted by atomic mass is 9.89. The first-order valence-corrected chi connectivity index (χ1v) is 7.84. The molecule has 2 bridgehead atoms. The van der Waals surface area contributed by atoms with Gasteiger partial charge in [0.25, 0.3) is 0 Å². The molecular formula is C16H21ClN2O. The highest BCUT2D eigenvalue weighted by molar-refractivity contribution is 6.30. The predicted molar refractivity (Wildman–Crippen MR) is 80.6 cm³/mol. The average molecular weight is 293 g/mol. The van der Waals surface area contributed by atoms with Gasteiger partial charge in [-0.2, -0.15) is 0 Å². The lowest BCUT2D eigenvalue weighted by Crippen LogP contribution is -2.39. The fraction of sp³-hybridized carbons (Fsp3) is 0.562. The number of rotatable bonds is 4. The summed E-state index contributed by atoms with van der Waals surface area (Å²) >= 11 is 5.94. The van der Waals surface area contributed by atoms with Gasteiger partial charge in [-0.15, -0.1) is 0 Å². The van der Waals surface area contributed by atoms with Crippen LogP contribution in [0.3, 0.4) is 0 Å². The fourth-order valence-corrected chi connectivity index (χ4v) is 3.74. The summed E-state index contributed by atoms with van der Waals surface area (Å²) in [7, 11) is 0. The maximum absolute atomic E-state index is 12.0. The van der Waals surface area contributed by atoms with Gasteiger partial charge in [-0.25, -0.2) is 0 Å². The van der Waals surface area contributed by atoms with E-state index in [4.69, 9.17) is 11.6 Å². The minimum absolute atomic E-state index is 0.163. The van der Waals surface area contributed by atoms with Gasteiger partial charge >= 0.3 is 0 Å². The lowest BCUT2D eigenvalue weighted by Gasteiger charge is -2.28. The van der Waals surface area contributed by atoms with Crippen molar-refractivity contribution < 1.29 is 4.79 Å². The quantitative estimate of drug-likeness (QED) is 0.896. The van der Waals surface area contributed by atoms with Crippen molar-refractivity contribution in [3.8, 4) is 0 Å². The second-order valence-corrected chi connectivity index (χ2v) is 6.52. The standard InChI is InChI=1S/C16H21ClN2O/c17-13-3-1-2-11(6-13)10-18-16(20)9-12-7-14-4-5-15(8-12)19-14/h1-3,6,12,14-15,19H,4-5,7-10H2,(H,18,20). The van der Waals surface area contributed by atoms with Crippen molar-refractivity contribution >= 4 is 17.5 Å². The van der Waals surface area contributed by atoms with E-state index in [1.165, 1.54) is 12.8 Å². The molecular weight excluding hydrogens is 272 g/mol. The third-order valence-electron chi connectivity index (χ3n) is 4.42. The van der Waals surface area contributed by atoms with Gasteiger partial charge in [0, 0.05) is 30.1 Å². The van der Waals surface area contributed by atoms with E-state index in [2.05, 4.69) is 10.6 Å². The van der Waals surface area contributed by atoms with Crippen LogP contribution < -0.4 is 10.6 Å². The van der Waals surface area contributed by atoms with Gasteiger partial charge < -0.3 is 10.6 Å². The number of fused-ring (bicyclic) bond motifs is 2. The zero-order valence-corrected chi connectivity index (χ0v) is 12.3. The third kappa shape index (κ3) is 3.53. The summed E-state index contributed by atoms with van der Waals surface area (Å²) in [6, 6.07) is 8.94. The van der Waals surface area contributed by atoms with Gasteiger partial charge in [0.1, 0.15) is 0 Å². The Labute approximate surface area is 125 Å². The number of piperidine rings is 1. The molecule has 4 heteroatoms. The molecule has 0 aliphatic carbocycles. The number of carbonyl (C=O) groups excluding carboxylic acids is 1. The fourth-order valence-electron chi connectivity index (χ4n) is 3.52. The van der Waals surface area contributed by atoms with E-state index in [0.717, 1.165) is 18.4 Å². The Balaban J connectivity index is 1.45. The number of nitrogens with one attached hydrogen (secondary N) is 2. The summed E-state index contributed by atoms with van der Waals surface area (Å²) in [4.78, 5) is 12.0. The van der Waals surface area contributed by atoms with Gasteiger partial charge in [0.05, 0.1) is 0 Å². The number of hydrogen-bond donors (Lipinski definition) is 2. The Bertz CT molecular complexity index is 479. The van der Waals surface area contributed by atoms with Crippen molar-refractivity contribution in [3.63, 3.8) is 0 Å². The van der Waals surface area contributed by atoms with Crippen LogP contribution in [0, 0.1) is 5.92 Å². The number of amides is 1.